The summed E-state index contributed by atoms with van der Waals surface area (Å²) in [7, 11) is 0. The first-order chi connectivity index (χ1) is 13.5. The number of aryl methyl sites for hydroxylation is 4. The van der Waals surface area contributed by atoms with E-state index in [4.69, 9.17) is 9.97 Å². The first-order valence-electron chi connectivity index (χ1n) is 9.53. The number of hydrogen-bond acceptors (Lipinski definition) is 3. The predicted molar refractivity (Wildman–Crippen MR) is 116 cm³/mol. The van der Waals surface area contributed by atoms with Crippen molar-refractivity contribution in [3.8, 4) is 0 Å². The van der Waals surface area contributed by atoms with Crippen LogP contribution in [0.2, 0.25) is 0 Å². The van der Waals surface area contributed by atoms with Gasteiger partial charge in [-0.1, -0.05) is 24.3 Å². The van der Waals surface area contributed by atoms with Crippen LogP contribution >= 0.6 is 0 Å². The molecule has 29 heavy (non-hydrogen) atoms. The normalized spacial score (nSPS) is 10.6. The zero-order chi connectivity index (χ0) is 19.7. The highest BCUT2D eigenvalue weighted by Gasteiger charge is 2.15. The molecule has 0 radical (unpaired) electrons. The smallest absolute Gasteiger partial charge is 0.273 e. The molecule has 1 aromatic heterocycles. The van der Waals surface area contributed by atoms with Crippen LogP contribution in [-0.2, 0) is 0 Å². The van der Waals surface area contributed by atoms with Gasteiger partial charge in [0.1, 0.15) is 5.69 Å². The number of nitrogens with two attached hydrogens (primary N) is 1. The highest BCUT2D eigenvalue weighted by atomic mass is 35.5. The minimum absolute atomic E-state index is 0. The summed E-state index contributed by atoms with van der Waals surface area (Å²) in [4.78, 5) is 9.73. The molecule has 0 aliphatic carbocycles. The Bertz CT molecular complexity index is 1080. The van der Waals surface area contributed by atoms with Gasteiger partial charge in [0, 0.05) is 11.8 Å². The number of aromatic nitrogens is 2. The quantitative estimate of drug-likeness (QED) is 0.512. The average molecular weight is 405 g/mol. The molecule has 5 heteroatoms. The van der Waals surface area contributed by atoms with Crippen LogP contribution in [0, 0.1) is 27.7 Å². The molecule has 3 aromatic carbocycles. The lowest BCUT2D eigenvalue weighted by molar-refractivity contribution is -0.482. The molecule has 0 aliphatic heterocycles. The van der Waals surface area contributed by atoms with E-state index in [0.717, 1.165) is 34.0 Å². The molecule has 4 nitrogen and oxygen atoms in total. The molecule has 0 fully saturated rings. The van der Waals surface area contributed by atoms with Gasteiger partial charge in [-0.25, -0.2) is 4.98 Å². The van der Waals surface area contributed by atoms with E-state index in [1.165, 1.54) is 22.3 Å². The van der Waals surface area contributed by atoms with Crippen LogP contribution < -0.4 is 23.0 Å². The second-order valence-corrected chi connectivity index (χ2v) is 7.36. The summed E-state index contributed by atoms with van der Waals surface area (Å²) >= 11 is 0. The Morgan fingerprint density at radius 3 is 1.97 bits per heavy atom. The summed E-state index contributed by atoms with van der Waals surface area (Å²) in [6.45, 7) is 8.50. The van der Waals surface area contributed by atoms with Crippen LogP contribution in [0.15, 0.2) is 60.7 Å². The van der Waals surface area contributed by atoms with Gasteiger partial charge in [0.15, 0.2) is 0 Å². The number of benzene rings is 3. The number of rotatable bonds is 4. The second kappa shape index (κ2) is 8.60. The third kappa shape index (κ3) is 4.56. The number of quaternary nitrogens is 1. The fraction of sp³-hybridized carbons (Fsp3) is 0.167. The Morgan fingerprint density at radius 1 is 0.690 bits per heavy atom. The standard InChI is InChI=1S/C24H24N4.ClH/c1-15-9-11-19(13-17(15)3)25-23-24(26-20-12-10-16(2)18(4)14-20)28-22-8-6-5-7-21(22)27-23;/h5-14H,1-4H3,(H,25,27)(H,26,28);1H. The van der Waals surface area contributed by atoms with Crippen molar-refractivity contribution in [1.29, 1.82) is 0 Å². The summed E-state index contributed by atoms with van der Waals surface area (Å²) in [6, 6.07) is 20.8. The summed E-state index contributed by atoms with van der Waals surface area (Å²) in [5, 5.41) is 5.57. The van der Waals surface area contributed by atoms with Gasteiger partial charge >= 0.3 is 0 Å². The Hall–Kier alpha value is -2.95. The van der Waals surface area contributed by atoms with Crippen molar-refractivity contribution in [2.24, 2.45) is 0 Å². The van der Waals surface area contributed by atoms with E-state index in [1.54, 1.807) is 0 Å². The Morgan fingerprint density at radius 2 is 1.31 bits per heavy atom. The minimum atomic E-state index is 0. The molecule has 0 unspecified atom stereocenters. The lowest BCUT2D eigenvalue weighted by Gasteiger charge is -2.12. The minimum Gasteiger partial charge on any atom is -1.00 e. The monoisotopic (exact) mass is 404 g/mol. The predicted octanol–water partition coefficient (Wildman–Crippen LogP) is 2.14. The zero-order valence-corrected chi connectivity index (χ0v) is 17.9. The van der Waals surface area contributed by atoms with Gasteiger partial charge in [-0.15, -0.1) is 0 Å². The number of anilines is 2. The van der Waals surface area contributed by atoms with Crippen LogP contribution in [-0.4, -0.2) is 9.97 Å². The van der Waals surface area contributed by atoms with Crippen LogP contribution in [0.3, 0.4) is 0 Å². The Kier molecular flexibility index (Phi) is 6.16. The van der Waals surface area contributed by atoms with E-state index in [0.29, 0.717) is 0 Å². The molecule has 4 aromatic rings. The zero-order valence-electron chi connectivity index (χ0n) is 17.1. The summed E-state index contributed by atoms with van der Waals surface area (Å²) in [5.41, 5.74) is 8.99. The number of nitrogens with zero attached hydrogens (tertiary/aromatic N) is 2. The van der Waals surface area contributed by atoms with E-state index in [-0.39, 0.29) is 12.4 Å². The maximum atomic E-state index is 4.88. The van der Waals surface area contributed by atoms with Gasteiger partial charge in [-0.3, -0.25) is 5.32 Å². The van der Waals surface area contributed by atoms with E-state index in [2.05, 4.69) is 74.7 Å². The molecule has 0 amide bonds. The topological polar surface area (TPSA) is 54.4 Å². The lowest BCUT2D eigenvalue weighted by atomic mass is 10.1. The van der Waals surface area contributed by atoms with E-state index < -0.39 is 0 Å². The SMILES string of the molecule is Cc1ccc(Nc2nc3ccccc3nc2[NH2+]c2ccc(C)c(C)c2)cc1C.[Cl-]. The van der Waals surface area contributed by atoms with Crippen LogP contribution in [0.4, 0.5) is 23.0 Å². The van der Waals surface area contributed by atoms with Gasteiger partial charge in [-0.05, 0) is 80.3 Å². The van der Waals surface area contributed by atoms with Crippen molar-refractivity contribution in [3.05, 3.63) is 82.9 Å². The van der Waals surface area contributed by atoms with Crippen LogP contribution in [0.25, 0.3) is 11.0 Å². The maximum absolute atomic E-state index is 4.88. The highest BCUT2D eigenvalue weighted by molar-refractivity contribution is 5.79. The first-order valence-corrected chi connectivity index (χ1v) is 9.53. The molecule has 0 spiro atoms. The van der Waals surface area contributed by atoms with E-state index in [9.17, 15) is 0 Å². The Balaban J connectivity index is 0.00000240. The third-order valence-corrected chi connectivity index (χ3v) is 5.20. The largest absolute Gasteiger partial charge is 1.00 e. The molecule has 3 N–H and O–H groups in total. The van der Waals surface area contributed by atoms with Gasteiger partial charge in [0.05, 0.1) is 11.0 Å². The number of para-hydroxylation sites is 2. The van der Waals surface area contributed by atoms with E-state index in [1.807, 2.05) is 24.3 Å². The van der Waals surface area contributed by atoms with Crippen molar-refractivity contribution in [2.45, 2.75) is 27.7 Å². The molecular formula is C24H25ClN4. The fourth-order valence-corrected chi connectivity index (χ4v) is 3.17. The number of nitrogens with one attached hydrogen (secondary N) is 1. The van der Waals surface area contributed by atoms with Crippen molar-refractivity contribution >= 4 is 34.0 Å². The second-order valence-electron chi connectivity index (χ2n) is 7.36. The maximum Gasteiger partial charge on any atom is 0.273 e. The molecule has 4 rings (SSSR count). The van der Waals surface area contributed by atoms with Crippen molar-refractivity contribution in [2.75, 3.05) is 5.32 Å². The average Bonchev–Trinajstić information content (AvgIpc) is 2.68. The van der Waals surface area contributed by atoms with E-state index >= 15 is 0 Å². The van der Waals surface area contributed by atoms with Gasteiger partial charge < -0.3 is 17.7 Å². The summed E-state index contributed by atoms with van der Waals surface area (Å²) in [6.07, 6.45) is 0. The van der Waals surface area contributed by atoms with Gasteiger partial charge in [0.25, 0.3) is 5.82 Å². The third-order valence-electron chi connectivity index (χ3n) is 5.20. The van der Waals surface area contributed by atoms with Crippen molar-refractivity contribution in [3.63, 3.8) is 0 Å². The summed E-state index contributed by atoms with van der Waals surface area (Å²) in [5.74, 6) is 1.60. The molecule has 0 bridgehead atoms. The molecule has 0 saturated carbocycles. The molecule has 0 aliphatic rings. The number of hydrogen-bond donors (Lipinski definition) is 2. The van der Waals surface area contributed by atoms with Crippen LogP contribution in [0.1, 0.15) is 22.3 Å². The lowest BCUT2D eigenvalue weighted by Crippen LogP contribution is -3.00. The van der Waals surface area contributed by atoms with Crippen LogP contribution in [0.5, 0.6) is 0 Å². The molecule has 0 saturated heterocycles. The molecular weight excluding hydrogens is 380 g/mol. The van der Waals surface area contributed by atoms with Gasteiger partial charge in [0.2, 0.25) is 5.82 Å². The number of fused-ring (bicyclic) bond motifs is 1. The van der Waals surface area contributed by atoms with Crippen molar-refractivity contribution in [1.82, 2.24) is 9.97 Å². The van der Waals surface area contributed by atoms with Gasteiger partial charge in [-0.2, -0.15) is 4.98 Å². The number of halogens is 1. The molecule has 148 valence electrons. The molecule has 1 heterocycles. The first kappa shape index (κ1) is 20.8. The highest BCUT2D eigenvalue weighted by Crippen LogP contribution is 2.24. The van der Waals surface area contributed by atoms with Crippen molar-refractivity contribution < 1.29 is 17.7 Å². The Labute approximate surface area is 177 Å². The summed E-state index contributed by atoms with van der Waals surface area (Å²) < 4.78 is 0. The fourth-order valence-electron chi connectivity index (χ4n) is 3.17. The molecule has 0 atom stereocenters.